The standard InChI is InChI=1S/C65H43B2N5/c1-3-23-44(24-4-1)66-50-31-11-19-39-58(50)69(59-40-20-12-32-51(59)66)62-43-63(70-60-41-21-13-33-52(60)67(45-25-5-2-6-26-45)53-34-14-22-42-61(53)70)65(72-56-37-17-9-29-48(56)49-30-10-18-38-57(49)72)68-64(62)71-54-35-15-7-27-46(54)47-28-8-16-36-55(47)71/h1-43H. The molecule has 10 aromatic carbocycles. The van der Waals surface area contributed by atoms with Gasteiger partial charge in [0.15, 0.2) is 11.6 Å². The molecule has 334 valence electrons. The fourth-order valence-corrected chi connectivity index (χ4v) is 12.3. The molecular formula is C65H43B2N5. The maximum Gasteiger partial charge on any atom is 0.246 e. The number of pyridine rings is 1. The first-order valence-electron chi connectivity index (χ1n) is 24.9. The van der Waals surface area contributed by atoms with E-state index in [2.05, 4.69) is 280 Å². The Balaban J connectivity index is 1.13. The number of hydrogen-bond acceptors (Lipinski definition) is 3. The summed E-state index contributed by atoms with van der Waals surface area (Å²) in [4.78, 5) is 11.3. The summed E-state index contributed by atoms with van der Waals surface area (Å²) in [6, 6.07) is 95.5. The molecule has 72 heavy (non-hydrogen) atoms. The second-order valence-electron chi connectivity index (χ2n) is 19.0. The Labute approximate surface area is 418 Å². The van der Waals surface area contributed by atoms with Crippen molar-refractivity contribution in [2.75, 3.05) is 9.80 Å². The molecule has 0 aliphatic carbocycles. The van der Waals surface area contributed by atoms with E-state index in [1.807, 2.05) is 0 Å². The third-order valence-corrected chi connectivity index (χ3v) is 15.2. The highest BCUT2D eigenvalue weighted by atomic mass is 15.3. The van der Waals surface area contributed by atoms with Crippen molar-refractivity contribution in [1.82, 2.24) is 14.1 Å². The van der Waals surface area contributed by atoms with Gasteiger partial charge >= 0.3 is 0 Å². The molecule has 0 spiro atoms. The second-order valence-corrected chi connectivity index (χ2v) is 19.0. The Morgan fingerprint density at radius 3 is 0.833 bits per heavy atom. The van der Waals surface area contributed by atoms with E-state index in [9.17, 15) is 0 Å². The van der Waals surface area contributed by atoms with Crippen molar-refractivity contribution >= 4 is 124 Å². The van der Waals surface area contributed by atoms with Crippen molar-refractivity contribution in [3.05, 3.63) is 261 Å². The average Bonchev–Trinajstić information content (AvgIpc) is 3.97. The van der Waals surface area contributed by atoms with Crippen LogP contribution in [0.2, 0.25) is 0 Å². The van der Waals surface area contributed by atoms with Crippen LogP contribution in [0.3, 0.4) is 0 Å². The fraction of sp³-hybridized carbons (Fsp3) is 0. The lowest BCUT2D eigenvalue weighted by Gasteiger charge is -2.40. The summed E-state index contributed by atoms with van der Waals surface area (Å²) in [5, 5.41) is 4.71. The molecule has 15 rings (SSSR count). The topological polar surface area (TPSA) is 29.2 Å². The van der Waals surface area contributed by atoms with Gasteiger partial charge in [0.25, 0.3) is 0 Å². The van der Waals surface area contributed by atoms with Gasteiger partial charge in [-0.2, -0.15) is 0 Å². The highest BCUT2D eigenvalue weighted by molar-refractivity contribution is 6.98. The summed E-state index contributed by atoms with van der Waals surface area (Å²) in [5.74, 6) is 1.66. The van der Waals surface area contributed by atoms with Crippen LogP contribution in [0.4, 0.5) is 34.1 Å². The molecule has 0 fully saturated rings. The Morgan fingerprint density at radius 2 is 0.514 bits per heavy atom. The van der Waals surface area contributed by atoms with E-state index in [4.69, 9.17) is 4.98 Å². The van der Waals surface area contributed by atoms with Gasteiger partial charge in [0.1, 0.15) is 0 Å². The van der Waals surface area contributed by atoms with Gasteiger partial charge in [0.2, 0.25) is 13.4 Å². The highest BCUT2D eigenvalue weighted by Gasteiger charge is 2.40. The Kier molecular flexibility index (Phi) is 9.08. The quantitative estimate of drug-likeness (QED) is 0.156. The van der Waals surface area contributed by atoms with Crippen LogP contribution < -0.4 is 42.6 Å². The molecule has 0 N–H and O–H groups in total. The van der Waals surface area contributed by atoms with E-state index < -0.39 is 0 Å². The molecule has 0 atom stereocenters. The molecule has 0 amide bonds. The number of aromatic nitrogens is 3. The molecule has 2 aliphatic rings. The van der Waals surface area contributed by atoms with E-state index >= 15 is 0 Å². The van der Waals surface area contributed by atoms with Crippen molar-refractivity contribution in [3.8, 4) is 11.6 Å². The van der Waals surface area contributed by atoms with Crippen LogP contribution in [0.25, 0.3) is 55.2 Å². The summed E-state index contributed by atoms with van der Waals surface area (Å²) in [5.41, 5.74) is 18.2. The molecule has 13 aromatic rings. The average molecular weight is 916 g/mol. The van der Waals surface area contributed by atoms with Gasteiger partial charge < -0.3 is 9.80 Å². The first kappa shape index (κ1) is 40.6. The lowest BCUT2D eigenvalue weighted by atomic mass is 9.35. The van der Waals surface area contributed by atoms with Crippen LogP contribution in [0.15, 0.2) is 261 Å². The summed E-state index contributed by atoms with van der Waals surface area (Å²) >= 11 is 0. The van der Waals surface area contributed by atoms with Crippen LogP contribution in [0.1, 0.15) is 0 Å². The molecule has 0 unspecified atom stereocenters. The lowest BCUT2D eigenvalue weighted by Crippen LogP contribution is -2.57. The molecule has 2 aliphatic heterocycles. The van der Waals surface area contributed by atoms with Crippen molar-refractivity contribution < 1.29 is 0 Å². The molecule has 5 heterocycles. The number of anilines is 6. The molecule has 7 heteroatoms. The molecule has 0 saturated carbocycles. The smallest absolute Gasteiger partial charge is 0.246 e. The minimum atomic E-state index is 0.0200. The predicted molar refractivity (Wildman–Crippen MR) is 304 cm³/mol. The van der Waals surface area contributed by atoms with Gasteiger partial charge in [-0.3, -0.25) is 9.13 Å². The van der Waals surface area contributed by atoms with Crippen LogP contribution >= 0.6 is 0 Å². The maximum absolute atomic E-state index is 6.30. The first-order valence-corrected chi connectivity index (χ1v) is 24.9. The minimum Gasteiger partial charge on any atom is -0.308 e. The van der Waals surface area contributed by atoms with E-state index in [1.165, 1.54) is 54.3 Å². The van der Waals surface area contributed by atoms with Crippen molar-refractivity contribution in [3.63, 3.8) is 0 Å². The monoisotopic (exact) mass is 915 g/mol. The van der Waals surface area contributed by atoms with Gasteiger partial charge in [0, 0.05) is 44.3 Å². The van der Waals surface area contributed by atoms with E-state index in [0.717, 1.165) is 67.8 Å². The molecule has 0 saturated heterocycles. The summed E-state index contributed by atoms with van der Waals surface area (Å²) in [6.45, 7) is 0.0400. The predicted octanol–water partition coefficient (Wildman–Crippen LogP) is 11.9. The largest absolute Gasteiger partial charge is 0.308 e. The van der Waals surface area contributed by atoms with Crippen LogP contribution in [-0.4, -0.2) is 27.5 Å². The third kappa shape index (κ3) is 5.94. The number of benzene rings is 10. The molecule has 0 bridgehead atoms. The van der Waals surface area contributed by atoms with Gasteiger partial charge in [-0.15, -0.1) is 0 Å². The fourth-order valence-electron chi connectivity index (χ4n) is 12.3. The van der Waals surface area contributed by atoms with Crippen molar-refractivity contribution in [2.24, 2.45) is 0 Å². The van der Waals surface area contributed by atoms with E-state index in [1.54, 1.807) is 0 Å². The number of para-hydroxylation sites is 8. The Bertz CT molecular complexity index is 3800. The van der Waals surface area contributed by atoms with Crippen molar-refractivity contribution in [2.45, 2.75) is 0 Å². The molecule has 3 aromatic heterocycles. The number of hydrogen-bond donors (Lipinski definition) is 0. The third-order valence-electron chi connectivity index (χ3n) is 15.2. The van der Waals surface area contributed by atoms with Gasteiger partial charge in [-0.25, -0.2) is 4.98 Å². The van der Waals surface area contributed by atoms with Gasteiger partial charge in [-0.05, 0) is 76.4 Å². The van der Waals surface area contributed by atoms with E-state index in [0.29, 0.717) is 0 Å². The Morgan fingerprint density at radius 1 is 0.250 bits per heavy atom. The second kappa shape index (κ2) is 16.1. The summed E-state index contributed by atoms with van der Waals surface area (Å²) in [6.07, 6.45) is 0. The zero-order chi connectivity index (χ0) is 47.3. The molecule has 0 radical (unpaired) electrons. The molecule has 5 nitrogen and oxygen atoms in total. The summed E-state index contributed by atoms with van der Waals surface area (Å²) in [7, 11) is 0. The first-order chi connectivity index (χ1) is 35.8. The normalized spacial score (nSPS) is 12.9. The van der Waals surface area contributed by atoms with Gasteiger partial charge in [-0.1, -0.05) is 217 Å². The zero-order valence-corrected chi connectivity index (χ0v) is 39.2. The van der Waals surface area contributed by atoms with Crippen LogP contribution in [-0.2, 0) is 0 Å². The zero-order valence-electron chi connectivity index (χ0n) is 39.2. The SMILES string of the molecule is c1ccc(B2c3ccccc3N(c3cc(N4c5ccccc5B(c5ccccc5)c5ccccc54)c(-n4c5ccccc5c5ccccc54)nc3-n3c4ccccc4c4ccccc43)c3ccccc32)cc1. The maximum atomic E-state index is 6.30. The van der Waals surface area contributed by atoms with Gasteiger partial charge in [0.05, 0.1) is 33.4 Å². The number of fused-ring (bicyclic) bond motifs is 10. The summed E-state index contributed by atoms with van der Waals surface area (Å²) < 4.78 is 4.83. The number of rotatable bonds is 6. The van der Waals surface area contributed by atoms with E-state index in [-0.39, 0.29) is 13.4 Å². The Hall–Kier alpha value is -9.32. The van der Waals surface area contributed by atoms with Crippen LogP contribution in [0.5, 0.6) is 0 Å². The minimum absolute atomic E-state index is 0.0200. The highest BCUT2D eigenvalue weighted by Crippen LogP contribution is 2.48. The van der Waals surface area contributed by atoms with Crippen molar-refractivity contribution in [1.29, 1.82) is 0 Å². The van der Waals surface area contributed by atoms with Crippen LogP contribution in [0, 0.1) is 0 Å². The lowest BCUT2D eigenvalue weighted by molar-refractivity contribution is 0.998. The molecular weight excluding hydrogens is 872 g/mol. The number of nitrogens with zero attached hydrogens (tertiary/aromatic N) is 5.